The van der Waals surface area contributed by atoms with Crippen molar-refractivity contribution in [2.75, 3.05) is 12.4 Å². The Morgan fingerprint density at radius 3 is 2.46 bits per heavy atom. The molecule has 6 nitrogen and oxygen atoms in total. The lowest BCUT2D eigenvalue weighted by Gasteiger charge is -2.08. The number of nitrogens with one attached hydrogen (secondary N) is 2. The van der Waals surface area contributed by atoms with E-state index in [1.54, 1.807) is 30.3 Å². The molecule has 6 heteroatoms. The summed E-state index contributed by atoms with van der Waals surface area (Å²) in [5, 5.41) is 6.15. The molecule has 0 radical (unpaired) electrons. The molecule has 2 aromatic rings. The van der Waals surface area contributed by atoms with Gasteiger partial charge in [-0.15, -0.1) is 0 Å². The van der Waals surface area contributed by atoms with Crippen molar-refractivity contribution in [3.63, 3.8) is 0 Å². The summed E-state index contributed by atoms with van der Waals surface area (Å²) in [4.78, 5) is 23.5. The van der Waals surface area contributed by atoms with E-state index >= 15 is 0 Å². The van der Waals surface area contributed by atoms with E-state index in [0.717, 1.165) is 5.56 Å². The van der Waals surface area contributed by atoms with Crippen LogP contribution in [0.2, 0.25) is 0 Å². The predicted octanol–water partition coefficient (Wildman–Crippen LogP) is 2.45. The maximum Gasteiger partial charge on any atom is 0.329 e. The quantitative estimate of drug-likeness (QED) is 0.504. The topological polar surface area (TPSA) is 79.8 Å². The summed E-state index contributed by atoms with van der Waals surface area (Å²) in [5.41, 5.74) is 3.57. The maximum absolute atomic E-state index is 11.8. The first kappa shape index (κ1) is 17.0. The van der Waals surface area contributed by atoms with Crippen LogP contribution in [0.15, 0.2) is 65.8 Å². The van der Waals surface area contributed by atoms with Crippen LogP contribution >= 0.6 is 0 Å². The van der Waals surface area contributed by atoms with Crippen LogP contribution in [-0.4, -0.2) is 25.1 Å². The number of amides is 2. The second-order valence-electron chi connectivity index (χ2n) is 4.64. The summed E-state index contributed by atoms with van der Waals surface area (Å²) < 4.78 is 5.10. The number of hydrogen-bond donors (Lipinski definition) is 2. The van der Waals surface area contributed by atoms with Crippen LogP contribution in [0.4, 0.5) is 5.69 Å². The van der Waals surface area contributed by atoms with E-state index in [0.29, 0.717) is 11.4 Å². The van der Waals surface area contributed by atoms with Crippen LogP contribution in [0.3, 0.4) is 0 Å². The summed E-state index contributed by atoms with van der Waals surface area (Å²) in [6.07, 6.45) is 4.87. The number of ether oxygens (including phenoxy) is 1. The van der Waals surface area contributed by atoms with E-state index in [4.69, 9.17) is 4.74 Å². The van der Waals surface area contributed by atoms with Crippen molar-refractivity contribution >= 4 is 29.8 Å². The fraction of sp³-hybridized carbons (Fsp3) is 0.0556. The van der Waals surface area contributed by atoms with Gasteiger partial charge in [0.25, 0.3) is 0 Å². The molecule has 0 aliphatic rings. The van der Waals surface area contributed by atoms with Gasteiger partial charge in [0.15, 0.2) is 0 Å². The van der Waals surface area contributed by atoms with Crippen molar-refractivity contribution in [1.82, 2.24) is 5.43 Å². The number of rotatable bonds is 5. The minimum Gasteiger partial charge on any atom is -0.495 e. The Hall–Kier alpha value is -3.41. The van der Waals surface area contributed by atoms with Crippen LogP contribution in [0.1, 0.15) is 5.56 Å². The van der Waals surface area contributed by atoms with Gasteiger partial charge in [0.05, 0.1) is 12.8 Å². The van der Waals surface area contributed by atoms with Gasteiger partial charge in [-0.2, -0.15) is 5.10 Å². The van der Waals surface area contributed by atoms with Crippen molar-refractivity contribution in [3.05, 3.63) is 66.2 Å². The highest BCUT2D eigenvalue weighted by atomic mass is 16.5. The van der Waals surface area contributed by atoms with Crippen molar-refractivity contribution in [2.24, 2.45) is 5.10 Å². The predicted molar refractivity (Wildman–Crippen MR) is 93.7 cm³/mol. The Morgan fingerprint density at radius 1 is 1.00 bits per heavy atom. The van der Waals surface area contributed by atoms with Gasteiger partial charge >= 0.3 is 11.8 Å². The molecule has 0 aliphatic carbocycles. The molecular weight excluding hydrogens is 306 g/mol. The molecule has 0 aromatic heterocycles. The molecule has 0 spiro atoms. The van der Waals surface area contributed by atoms with Crippen LogP contribution in [0.5, 0.6) is 5.75 Å². The third kappa shape index (κ3) is 5.10. The molecule has 122 valence electrons. The SMILES string of the molecule is COc1ccccc1NC(=O)C(=O)NN=CC=Cc1ccccc1. The minimum atomic E-state index is -0.870. The van der Waals surface area contributed by atoms with Gasteiger partial charge in [0.1, 0.15) is 5.75 Å². The van der Waals surface area contributed by atoms with Crippen molar-refractivity contribution in [1.29, 1.82) is 0 Å². The first-order valence-electron chi connectivity index (χ1n) is 7.20. The van der Waals surface area contributed by atoms with Crippen molar-refractivity contribution in [2.45, 2.75) is 0 Å². The average Bonchev–Trinajstić information content (AvgIpc) is 2.62. The first-order chi connectivity index (χ1) is 11.7. The Balaban J connectivity index is 1.84. The maximum atomic E-state index is 11.8. The largest absolute Gasteiger partial charge is 0.495 e. The lowest BCUT2D eigenvalue weighted by atomic mass is 10.2. The third-order valence-corrected chi connectivity index (χ3v) is 2.98. The van der Waals surface area contributed by atoms with E-state index < -0.39 is 11.8 Å². The fourth-order valence-corrected chi connectivity index (χ4v) is 1.83. The summed E-state index contributed by atoms with van der Waals surface area (Å²) in [6, 6.07) is 16.4. The Morgan fingerprint density at radius 2 is 1.71 bits per heavy atom. The number of methoxy groups -OCH3 is 1. The van der Waals surface area contributed by atoms with Crippen LogP contribution in [-0.2, 0) is 9.59 Å². The molecule has 2 N–H and O–H groups in total. The lowest BCUT2D eigenvalue weighted by molar-refractivity contribution is -0.136. The highest BCUT2D eigenvalue weighted by Gasteiger charge is 2.14. The molecule has 2 aromatic carbocycles. The molecule has 0 bridgehead atoms. The van der Waals surface area contributed by atoms with Gasteiger partial charge in [0.2, 0.25) is 0 Å². The molecule has 24 heavy (non-hydrogen) atoms. The zero-order valence-electron chi connectivity index (χ0n) is 13.1. The fourth-order valence-electron chi connectivity index (χ4n) is 1.83. The van der Waals surface area contributed by atoms with Crippen molar-refractivity contribution < 1.29 is 14.3 Å². The minimum absolute atomic E-state index is 0.410. The molecule has 0 saturated heterocycles. The Kier molecular flexibility index (Phi) is 6.28. The third-order valence-electron chi connectivity index (χ3n) is 2.98. The summed E-state index contributed by atoms with van der Waals surface area (Å²) in [6.45, 7) is 0. The first-order valence-corrected chi connectivity index (χ1v) is 7.20. The number of benzene rings is 2. The summed E-state index contributed by atoms with van der Waals surface area (Å²) in [7, 11) is 1.48. The zero-order valence-corrected chi connectivity index (χ0v) is 13.1. The Bertz CT molecular complexity index is 755. The number of para-hydroxylation sites is 2. The smallest absolute Gasteiger partial charge is 0.329 e. The molecule has 0 saturated carbocycles. The van der Waals surface area contributed by atoms with Gasteiger partial charge < -0.3 is 10.1 Å². The molecule has 0 fully saturated rings. The number of hydrogen-bond acceptors (Lipinski definition) is 4. The zero-order chi connectivity index (χ0) is 17.2. The molecule has 0 heterocycles. The molecule has 0 atom stereocenters. The molecule has 2 amide bonds. The lowest BCUT2D eigenvalue weighted by Crippen LogP contribution is -2.32. The summed E-state index contributed by atoms with van der Waals surface area (Å²) >= 11 is 0. The van der Waals surface area contributed by atoms with Gasteiger partial charge in [-0.1, -0.05) is 48.5 Å². The van der Waals surface area contributed by atoms with Crippen LogP contribution in [0, 0.1) is 0 Å². The summed E-state index contributed by atoms with van der Waals surface area (Å²) in [5.74, 6) is -1.23. The van der Waals surface area contributed by atoms with Gasteiger partial charge in [-0.3, -0.25) is 9.59 Å². The monoisotopic (exact) mass is 323 g/mol. The van der Waals surface area contributed by atoms with Gasteiger partial charge in [0, 0.05) is 6.21 Å². The van der Waals surface area contributed by atoms with E-state index in [1.165, 1.54) is 13.3 Å². The van der Waals surface area contributed by atoms with E-state index in [-0.39, 0.29) is 0 Å². The van der Waals surface area contributed by atoms with Crippen LogP contribution in [0.25, 0.3) is 6.08 Å². The molecular formula is C18H17N3O3. The standard InChI is InChI=1S/C18H17N3O3/c1-24-16-12-6-5-11-15(16)20-17(22)18(23)21-19-13-7-10-14-8-3-2-4-9-14/h2-13H,1H3,(H,20,22)(H,21,23). The second-order valence-corrected chi connectivity index (χ2v) is 4.64. The van der Waals surface area contributed by atoms with E-state index in [2.05, 4.69) is 15.8 Å². The molecule has 0 aliphatic heterocycles. The number of nitrogens with zero attached hydrogens (tertiary/aromatic N) is 1. The number of anilines is 1. The number of carbonyl (C=O) groups excluding carboxylic acids is 2. The van der Waals surface area contributed by atoms with Gasteiger partial charge in [-0.25, -0.2) is 5.43 Å². The number of allylic oxidation sites excluding steroid dienone is 1. The second kappa shape index (κ2) is 8.89. The van der Waals surface area contributed by atoms with Crippen LogP contribution < -0.4 is 15.5 Å². The average molecular weight is 323 g/mol. The van der Waals surface area contributed by atoms with E-state index in [9.17, 15) is 9.59 Å². The van der Waals surface area contributed by atoms with E-state index in [1.807, 2.05) is 36.4 Å². The number of hydrazone groups is 1. The molecule has 2 rings (SSSR count). The highest BCUT2D eigenvalue weighted by molar-refractivity contribution is 6.39. The highest BCUT2D eigenvalue weighted by Crippen LogP contribution is 2.22. The van der Waals surface area contributed by atoms with Crippen molar-refractivity contribution in [3.8, 4) is 5.75 Å². The molecule has 0 unspecified atom stereocenters. The normalized spacial score (nSPS) is 10.7. The van der Waals surface area contributed by atoms with Gasteiger partial charge in [-0.05, 0) is 23.8 Å². The number of carbonyl (C=O) groups is 2. The Labute approximate surface area is 139 Å².